The van der Waals surface area contributed by atoms with Crippen LogP contribution in [-0.4, -0.2) is 47.9 Å². The summed E-state index contributed by atoms with van der Waals surface area (Å²) in [5.74, 6) is -1.25. The SMILES string of the molecule is C=CCN(CC(=O)N1CCc2sccc2C1COc1cccc(F)c1)C(=O)c1cccc(F)c1. The third kappa shape index (κ3) is 5.34. The van der Waals surface area contributed by atoms with Crippen molar-refractivity contribution >= 4 is 23.2 Å². The lowest BCUT2D eigenvalue weighted by molar-refractivity contribution is -0.135. The quantitative estimate of drug-likeness (QED) is 0.431. The molecule has 0 bridgehead atoms. The zero-order valence-corrected chi connectivity index (χ0v) is 19.3. The van der Waals surface area contributed by atoms with Crippen LogP contribution in [0.25, 0.3) is 0 Å². The molecule has 0 spiro atoms. The summed E-state index contributed by atoms with van der Waals surface area (Å²) in [6.45, 7) is 4.26. The van der Waals surface area contributed by atoms with Crippen molar-refractivity contribution in [2.75, 3.05) is 26.2 Å². The number of benzene rings is 2. The second-order valence-corrected chi connectivity index (χ2v) is 8.91. The fourth-order valence-corrected chi connectivity index (χ4v) is 4.97. The molecule has 0 radical (unpaired) electrons. The Bertz CT molecular complexity index is 1200. The van der Waals surface area contributed by atoms with E-state index in [1.54, 1.807) is 28.4 Å². The minimum Gasteiger partial charge on any atom is -0.491 e. The normalized spacial score (nSPS) is 14.9. The summed E-state index contributed by atoms with van der Waals surface area (Å²) < 4.78 is 33.1. The molecule has 4 rings (SSSR count). The highest BCUT2D eigenvalue weighted by Gasteiger charge is 2.33. The van der Waals surface area contributed by atoms with Crippen LogP contribution in [0.15, 0.2) is 72.6 Å². The Labute approximate surface area is 200 Å². The van der Waals surface area contributed by atoms with Crippen LogP contribution in [-0.2, 0) is 11.2 Å². The van der Waals surface area contributed by atoms with Crippen molar-refractivity contribution in [1.29, 1.82) is 0 Å². The Morgan fingerprint density at radius 1 is 1.15 bits per heavy atom. The Morgan fingerprint density at radius 2 is 1.91 bits per heavy atom. The lowest BCUT2D eigenvalue weighted by Crippen LogP contribution is -2.47. The Kier molecular flexibility index (Phi) is 7.37. The van der Waals surface area contributed by atoms with Crippen molar-refractivity contribution < 1.29 is 23.1 Å². The van der Waals surface area contributed by atoms with Gasteiger partial charge in [-0.1, -0.05) is 18.2 Å². The number of halogens is 2. The van der Waals surface area contributed by atoms with E-state index in [0.29, 0.717) is 18.7 Å². The monoisotopic (exact) mass is 482 g/mol. The molecule has 2 aromatic carbocycles. The van der Waals surface area contributed by atoms with E-state index in [4.69, 9.17) is 4.74 Å². The fourth-order valence-electron chi connectivity index (χ4n) is 4.04. The van der Waals surface area contributed by atoms with E-state index in [-0.39, 0.29) is 37.2 Å². The largest absolute Gasteiger partial charge is 0.491 e. The summed E-state index contributed by atoms with van der Waals surface area (Å²) in [6, 6.07) is 12.8. The van der Waals surface area contributed by atoms with E-state index in [1.807, 2.05) is 11.4 Å². The van der Waals surface area contributed by atoms with E-state index in [2.05, 4.69) is 6.58 Å². The van der Waals surface area contributed by atoms with Crippen LogP contribution in [0.4, 0.5) is 8.78 Å². The molecular formula is C26H24F2N2O3S. The summed E-state index contributed by atoms with van der Waals surface area (Å²) in [4.78, 5) is 30.6. The molecule has 1 aliphatic heterocycles. The van der Waals surface area contributed by atoms with Crippen LogP contribution in [0.3, 0.4) is 0 Å². The van der Waals surface area contributed by atoms with Gasteiger partial charge in [-0.15, -0.1) is 17.9 Å². The third-order valence-electron chi connectivity index (χ3n) is 5.65. The molecule has 8 heteroatoms. The van der Waals surface area contributed by atoms with Crippen molar-refractivity contribution in [2.24, 2.45) is 0 Å². The molecule has 2 amide bonds. The number of nitrogens with zero attached hydrogens (tertiary/aromatic N) is 2. The molecular weight excluding hydrogens is 458 g/mol. The van der Waals surface area contributed by atoms with E-state index in [9.17, 15) is 18.4 Å². The predicted molar refractivity (Wildman–Crippen MR) is 127 cm³/mol. The van der Waals surface area contributed by atoms with Gasteiger partial charge in [0.15, 0.2) is 0 Å². The van der Waals surface area contributed by atoms with E-state index >= 15 is 0 Å². The molecule has 1 unspecified atom stereocenters. The molecule has 0 fully saturated rings. The molecule has 5 nitrogen and oxygen atoms in total. The second-order valence-electron chi connectivity index (χ2n) is 7.91. The number of fused-ring (bicyclic) bond motifs is 1. The first-order chi connectivity index (χ1) is 16.5. The van der Waals surface area contributed by atoms with E-state index < -0.39 is 17.5 Å². The maximum atomic E-state index is 13.6. The lowest BCUT2D eigenvalue weighted by atomic mass is 10.0. The van der Waals surface area contributed by atoms with Crippen molar-refractivity contribution in [3.8, 4) is 5.75 Å². The summed E-state index contributed by atoms with van der Waals surface area (Å²) >= 11 is 1.63. The first-order valence-electron chi connectivity index (χ1n) is 10.9. The molecule has 0 saturated carbocycles. The highest BCUT2D eigenvalue weighted by Crippen LogP contribution is 2.34. The third-order valence-corrected chi connectivity index (χ3v) is 6.65. The van der Waals surface area contributed by atoms with Gasteiger partial charge in [0.1, 0.15) is 30.5 Å². The Morgan fingerprint density at radius 3 is 2.65 bits per heavy atom. The minimum absolute atomic E-state index is 0.142. The molecule has 1 aromatic heterocycles. The number of amides is 2. The second kappa shape index (κ2) is 10.6. The highest BCUT2D eigenvalue weighted by molar-refractivity contribution is 7.10. The van der Waals surface area contributed by atoms with E-state index in [0.717, 1.165) is 11.6 Å². The maximum Gasteiger partial charge on any atom is 0.254 e. The molecule has 3 aromatic rings. The highest BCUT2D eigenvalue weighted by atomic mass is 32.1. The van der Waals surface area contributed by atoms with Gasteiger partial charge >= 0.3 is 0 Å². The van der Waals surface area contributed by atoms with Gasteiger partial charge in [-0.05, 0) is 53.8 Å². The van der Waals surface area contributed by atoms with Gasteiger partial charge in [-0.2, -0.15) is 0 Å². The Hall–Kier alpha value is -3.52. The van der Waals surface area contributed by atoms with Gasteiger partial charge in [0, 0.05) is 29.6 Å². The molecule has 34 heavy (non-hydrogen) atoms. The average Bonchev–Trinajstić information content (AvgIpc) is 3.31. The number of hydrogen-bond acceptors (Lipinski definition) is 4. The number of hydrogen-bond donors (Lipinski definition) is 0. The zero-order chi connectivity index (χ0) is 24.1. The maximum absolute atomic E-state index is 13.6. The van der Waals surface area contributed by atoms with Gasteiger partial charge in [0.25, 0.3) is 5.91 Å². The van der Waals surface area contributed by atoms with Gasteiger partial charge in [0.2, 0.25) is 5.91 Å². The molecule has 0 N–H and O–H groups in total. The lowest BCUT2D eigenvalue weighted by Gasteiger charge is -2.37. The first-order valence-corrected chi connectivity index (χ1v) is 11.7. The molecule has 176 valence electrons. The number of carbonyl (C=O) groups is 2. The molecule has 0 saturated heterocycles. The van der Waals surface area contributed by atoms with Crippen LogP contribution in [0.1, 0.15) is 26.8 Å². The van der Waals surface area contributed by atoms with Crippen LogP contribution in [0, 0.1) is 11.6 Å². The van der Waals surface area contributed by atoms with Gasteiger partial charge in [-0.25, -0.2) is 8.78 Å². The number of rotatable bonds is 8. The van der Waals surface area contributed by atoms with Crippen molar-refractivity contribution in [2.45, 2.75) is 12.5 Å². The van der Waals surface area contributed by atoms with Crippen molar-refractivity contribution in [3.05, 3.63) is 100 Å². The fraction of sp³-hybridized carbons (Fsp3) is 0.231. The summed E-state index contributed by atoms with van der Waals surface area (Å²) in [6.07, 6.45) is 2.23. The smallest absolute Gasteiger partial charge is 0.254 e. The van der Waals surface area contributed by atoms with Crippen LogP contribution in [0.5, 0.6) is 5.75 Å². The zero-order valence-electron chi connectivity index (χ0n) is 18.5. The van der Waals surface area contributed by atoms with Crippen LogP contribution < -0.4 is 4.74 Å². The number of carbonyl (C=O) groups excluding carboxylic acids is 2. The standard InChI is InChI=1S/C26H24F2N2O3S/c1-2-11-29(26(32)18-5-3-6-19(27)14-18)16-25(31)30-12-9-24-22(10-13-34-24)23(30)17-33-21-8-4-7-20(28)15-21/h2-8,10,13-15,23H,1,9,11-12,16-17H2. The molecule has 1 aliphatic rings. The van der Waals surface area contributed by atoms with Gasteiger partial charge in [0.05, 0.1) is 6.04 Å². The Balaban J connectivity index is 1.53. The number of thiophene rings is 1. The topological polar surface area (TPSA) is 49.9 Å². The summed E-state index contributed by atoms with van der Waals surface area (Å²) in [5, 5.41) is 1.98. The van der Waals surface area contributed by atoms with Crippen LogP contribution in [0.2, 0.25) is 0 Å². The van der Waals surface area contributed by atoms with Crippen molar-refractivity contribution in [1.82, 2.24) is 9.80 Å². The van der Waals surface area contributed by atoms with Gasteiger partial charge < -0.3 is 14.5 Å². The molecule has 0 aliphatic carbocycles. The van der Waals surface area contributed by atoms with Crippen molar-refractivity contribution in [3.63, 3.8) is 0 Å². The average molecular weight is 483 g/mol. The predicted octanol–water partition coefficient (Wildman–Crippen LogP) is 4.86. The summed E-state index contributed by atoms with van der Waals surface area (Å²) in [7, 11) is 0. The minimum atomic E-state index is -0.522. The molecule has 2 heterocycles. The summed E-state index contributed by atoms with van der Waals surface area (Å²) in [5.41, 5.74) is 1.16. The first kappa shape index (κ1) is 23.6. The molecule has 1 atom stereocenters. The number of ether oxygens (including phenoxy) is 1. The van der Waals surface area contributed by atoms with Crippen LogP contribution >= 0.6 is 11.3 Å². The van der Waals surface area contributed by atoms with E-state index in [1.165, 1.54) is 46.2 Å². The van der Waals surface area contributed by atoms with Gasteiger partial charge in [-0.3, -0.25) is 9.59 Å².